The van der Waals surface area contributed by atoms with E-state index in [9.17, 15) is 0 Å². The van der Waals surface area contributed by atoms with Gasteiger partial charge in [-0.1, -0.05) is 15.9 Å². The number of anilines is 1. The van der Waals surface area contributed by atoms with E-state index in [2.05, 4.69) is 73.1 Å². The lowest BCUT2D eigenvalue weighted by Gasteiger charge is -2.11. The van der Waals surface area contributed by atoms with Crippen molar-refractivity contribution in [2.75, 3.05) is 5.32 Å². The molecule has 0 radical (unpaired) electrons. The quantitative estimate of drug-likeness (QED) is 0.842. The lowest BCUT2D eigenvalue weighted by atomic mass is 10.3. The van der Waals surface area contributed by atoms with E-state index in [-0.39, 0.29) is 0 Å². The summed E-state index contributed by atoms with van der Waals surface area (Å²) in [6.45, 7) is 3.99. The SMILES string of the molecule is CCn1cccc1CNc1ccc(Br)cc1Br. The van der Waals surface area contributed by atoms with E-state index in [0.717, 1.165) is 27.7 Å². The van der Waals surface area contributed by atoms with Crippen molar-refractivity contribution in [2.45, 2.75) is 20.0 Å². The van der Waals surface area contributed by atoms with Crippen LogP contribution in [0.25, 0.3) is 0 Å². The van der Waals surface area contributed by atoms with Crippen molar-refractivity contribution >= 4 is 37.5 Å². The molecule has 1 heterocycles. The van der Waals surface area contributed by atoms with Gasteiger partial charge < -0.3 is 9.88 Å². The minimum Gasteiger partial charge on any atom is -0.379 e. The third-order valence-corrected chi connectivity index (χ3v) is 3.80. The molecule has 0 saturated heterocycles. The van der Waals surface area contributed by atoms with E-state index >= 15 is 0 Å². The van der Waals surface area contributed by atoms with E-state index < -0.39 is 0 Å². The van der Waals surface area contributed by atoms with Crippen molar-refractivity contribution < 1.29 is 0 Å². The molecule has 17 heavy (non-hydrogen) atoms. The van der Waals surface area contributed by atoms with Crippen LogP contribution >= 0.6 is 31.9 Å². The summed E-state index contributed by atoms with van der Waals surface area (Å²) >= 11 is 6.99. The highest BCUT2D eigenvalue weighted by molar-refractivity contribution is 9.11. The predicted octanol–water partition coefficient (Wildman–Crippen LogP) is 4.65. The fourth-order valence-electron chi connectivity index (χ4n) is 1.74. The molecule has 1 aromatic heterocycles. The number of aromatic nitrogens is 1. The Morgan fingerprint density at radius 3 is 2.76 bits per heavy atom. The zero-order chi connectivity index (χ0) is 12.3. The second-order valence-corrected chi connectivity index (χ2v) is 5.53. The summed E-state index contributed by atoms with van der Waals surface area (Å²) in [5, 5.41) is 3.43. The molecule has 1 N–H and O–H groups in total. The molecule has 4 heteroatoms. The summed E-state index contributed by atoms with van der Waals surface area (Å²) < 4.78 is 4.38. The van der Waals surface area contributed by atoms with Gasteiger partial charge >= 0.3 is 0 Å². The zero-order valence-corrected chi connectivity index (χ0v) is 12.8. The summed E-state index contributed by atoms with van der Waals surface area (Å²) in [6.07, 6.45) is 2.10. The molecule has 1 aromatic carbocycles. The molecule has 0 atom stereocenters. The number of hydrogen-bond acceptors (Lipinski definition) is 1. The summed E-state index contributed by atoms with van der Waals surface area (Å²) in [4.78, 5) is 0. The Morgan fingerprint density at radius 2 is 2.06 bits per heavy atom. The molecule has 2 rings (SSSR count). The van der Waals surface area contributed by atoms with Gasteiger partial charge in [0.2, 0.25) is 0 Å². The van der Waals surface area contributed by atoms with Gasteiger partial charge in [-0.05, 0) is 53.2 Å². The molecule has 90 valence electrons. The summed E-state index contributed by atoms with van der Waals surface area (Å²) in [6, 6.07) is 10.4. The highest BCUT2D eigenvalue weighted by atomic mass is 79.9. The first kappa shape index (κ1) is 12.7. The Hall–Kier alpha value is -0.740. The Labute approximate surface area is 118 Å². The minimum atomic E-state index is 0.834. The monoisotopic (exact) mass is 356 g/mol. The van der Waals surface area contributed by atoms with Crippen molar-refractivity contribution in [3.8, 4) is 0 Å². The second kappa shape index (κ2) is 5.74. The Morgan fingerprint density at radius 1 is 1.24 bits per heavy atom. The van der Waals surface area contributed by atoms with Gasteiger partial charge in [-0.2, -0.15) is 0 Å². The van der Waals surface area contributed by atoms with Crippen LogP contribution in [-0.4, -0.2) is 4.57 Å². The molecular weight excluding hydrogens is 344 g/mol. The van der Waals surface area contributed by atoms with Gasteiger partial charge in [0.1, 0.15) is 0 Å². The van der Waals surface area contributed by atoms with Crippen LogP contribution in [0, 0.1) is 0 Å². The summed E-state index contributed by atoms with van der Waals surface area (Å²) in [5.41, 5.74) is 2.40. The van der Waals surface area contributed by atoms with E-state index in [1.165, 1.54) is 5.69 Å². The van der Waals surface area contributed by atoms with E-state index in [1.54, 1.807) is 0 Å². The molecule has 0 unspecified atom stereocenters. The van der Waals surface area contributed by atoms with Gasteiger partial charge in [0.05, 0.1) is 6.54 Å². The topological polar surface area (TPSA) is 17.0 Å². The van der Waals surface area contributed by atoms with Crippen molar-refractivity contribution in [1.29, 1.82) is 0 Å². The first-order chi connectivity index (χ1) is 8.20. The normalized spacial score (nSPS) is 10.5. The van der Waals surface area contributed by atoms with Crippen molar-refractivity contribution in [2.24, 2.45) is 0 Å². The van der Waals surface area contributed by atoms with Crippen LogP contribution in [0.2, 0.25) is 0 Å². The Kier molecular flexibility index (Phi) is 4.29. The summed E-state index contributed by atoms with van der Waals surface area (Å²) in [7, 11) is 0. The first-order valence-corrected chi connectivity index (χ1v) is 7.12. The maximum absolute atomic E-state index is 3.55. The first-order valence-electron chi connectivity index (χ1n) is 5.53. The molecule has 0 bridgehead atoms. The number of nitrogens with one attached hydrogen (secondary N) is 1. The standard InChI is InChI=1S/C13H14Br2N2/c1-2-17-7-3-4-11(17)9-16-13-6-5-10(14)8-12(13)15/h3-8,16H,2,9H2,1H3. The van der Waals surface area contributed by atoms with Crippen LogP contribution in [0.15, 0.2) is 45.5 Å². The van der Waals surface area contributed by atoms with Gasteiger partial charge in [0, 0.05) is 33.1 Å². The maximum atomic E-state index is 3.55. The van der Waals surface area contributed by atoms with Gasteiger partial charge in [-0.15, -0.1) is 0 Å². The van der Waals surface area contributed by atoms with Crippen LogP contribution in [0.3, 0.4) is 0 Å². The number of rotatable bonds is 4. The van der Waals surface area contributed by atoms with Crippen LogP contribution < -0.4 is 5.32 Å². The van der Waals surface area contributed by atoms with Gasteiger partial charge in [0.25, 0.3) is 0 Å². The lowest BCUT2D eigenvalue weighted by Crippen LogP contribution is -2.06. The van der Waals surface area contributed by atoms with Gasteiger partial charge in [-0.25, -0.2) is 0 Å². The van der Waals surface area contributed by atoms with Crippen LogP contribution in [0.4, 0.5) is 5.69 Å². The molecule has 0 amide bonds. The Balaban J connectivity index is 2.07. The molecule has 0 spiro atoms. The van der Waals surface area contributed by atoms with Gasteiger partial charge in [0.15, 0.2) is 0 Å². The zero-order valence-electron chi connectivity index (χ0n) is 9.58. The molecule has 0 fully saturated rings. The average molecular weight is 358 g/mol. The van der Waals surface area contributed by atoms with E-state index in [4.69, 9.17) is 0 Å². The molecule has 2 nitrogen and oxygen atoms in total. The van der Waals surface area contributed by atoms with Crippen molar-refractivity contribution in [3.63, 3.8) is 0 Å². The molecule has 0 aliphatic heterocycles. The molecule has 2 aromatic rings. The predicted molar refractivity (Wildman–Crippen MR) is 79.3 cm³/mol. The Bertz CT molecular complexity index is 506. The van der Waals surface area contributed by atoms with Crippen molar-refractivity contribution in [1.82, 2.24) is 4.57 Å². The smallest absolute Gasteiger partial charge is 0.0553 e. The molecule has 0 aliphatic carbocycles. The molecular formula is C13H14Br2N2. The fourth-order valence-corrected chi connectivity index (χ4v) is 2.92. The highest BCUT2D eigenvalue weighted by Gasteiger charge is 2.02. The molecule has 0 saturated carbocycles. The minimum absolute atomic E-state index is 0.834. The number of benzene rings is 1. The molecule has 0 aliphatic rings. The lowest BCUT2D eigenvalue weighted by molar-refractivity contribution is 0.724. The summed E-state index contributed by atoms with van der Waals surface area (Å²) in [5.74, 6) is 0. The largest absolute Gasteiger partial charge is 0.379 e. The highest BCUT2D eigenvalue weighted by Crippen LogP contribution is 2.26. The number of nitrogens with zero attached hydrogens (tertiary/aromatic N) is 1. The third-order valence-electron chi connectivity index (χ3n) is 2.66. The van der Waals surface area contributed by atoms with E-state index in [0.29, 0.717) is 0 Å². The number of aryl methyl sites for hydroxylation is 1. The average Bonchev–Trinajstić information content (AvgIpc) is 2.75. The maximum Gasteiger partial charge on any atom is 0.0553 e. The van der Waals surface area contributed by atoms with Crippen molar-refractivity contribution in [3.05, 3.63) is 51.2 Å². The van der Waals surface area contributed by atoms with Crippen LogP contribution in [0.5, 0.6) is 0 Å². The second-order valence-electron chi connectivity index (χ2n) is 3.76. The van der Waals surface area contributed by atoms with Crippen LogP contribution in [-0.2, 0) is 13.1 Å². The fraction of sp³-hybridized carbons (Fsp3) is 0.231. The van der Waals surface area contributed by atoms with Crippen LogP contribution in [0.1, 0.15) is 12.6 Å². The van der Waals surface area contributed by atoms with Gasteiger partial charge in [-0.3, -0.25) is 0 Å². The number of halogens is 2. The van der Waals surface area contributed by atoms with E-state index in [1.807, 2.05) is 12.1 Å². The third kappa shape index (κ3) is 3.13. The number of hydrogen-bond donors (Lipinski definition) is 1.